The molecule has 2 saturated heterocycles. The highest BCUT2D eigenvalue weighted by molar-refractivity contribution is 5.86. The molecule has 3 atom stereocenters. The molecule has 3 unspecified atom stereocenters. The predicted molar refractivity (Wildman–Crippen MR) is 160 cm³/mol. The molecule has 2 aliphatic rings. The van der Waals surface area contributed by atoms with E-state index in [4.69, 9.17) is 0 Å². The van der Waals surface area contributed by atoms with Gasteiger partial charge in [-0.15, -0.1) is 0 Å². The summed E-state index contributed by atoms with van der Waals surface area (Å²) in [4.78, 5) is 5.65. The minimum Gasteiger partial charge on any atom is -0.299 e. The summed E-state index contributed by atoms with van der Waals surface area (Å²) >= 11 is 0. The maximum Gasteiger partial charge on any atom is 0.0321 e. The molecule has 0 saturated carbocycles. The van der Waals surface area contributed by atoms with Crippen molar-refractivity contribution in [2.24, 2.45) is 5.92 Å². The average molecular weight is 503 g/mol. The van der Waals surface area contributed by atoms with E-state index in [0.717, 1.165) is 12.5 Å². The van der Waals surface area contributed by atoms with Gasteiger partial charge in [0.25, 0.3) is 0 Å². The summed E-state index contributed by atoms with van der Waals surface area (Å²) in [6, 6.07) is 39.3. The molecule has 0 N–H and O–H groups in total. The van der Waals surface area contributed by atoms with Gasteiger partial charge in [0, 0.05) is 24.5 Å². The topological polar surface area (TPSA) is 6.48 Å². The smallest absolute Gasteiger partial charge is 0.0321 e. The first kappa shape index (κ1) is 25.3. The summed E-state index contributed by atoms with van der Waals surface area (Å²) in [5.41, 5.74) is 4.48. The van der Waals surface area contributed by atoms with Gasteiger partial charge in [-0.3, -0.25) is 9.80 Å². The van der Waals surface area contributed by atoms with Crippen LogP contribution in [0.5, 0.6) is 0 Å². The van der Waals surface area contributed by atoms with Gasteiger partial charge in [-0.1, -0.05) is 103 Å². The van der Waals surface area contributed by atoms with Gasteiger partial charge in [0.05, 0.1) is 0 Å². The maximum absolute atomic E-state index is 2.83. The maximum atomic E-state index is 2.83. The zero-order chi connectivity index (χ0) is 25.7. The van der Waals surface area contributed by atoms with Crippen molar-refractivity contribution < 1.29 is 0 Å². The van der Waals surface area contributed by atoms with Crippen molar-refractivity contribution in [3.05, 3.63) is 120 Å². The lowest BCUT2D eigenvalue weighted by Crippen LogP contribution is -2.56. The predicted octanol–water partition coefficient (Wildman–Crippen LogP) is 7.93. The van der Waals surface area contributed by atoms with Crippen molar-refractivity contribution in [1.82, 2.24) is 9.80 Å². The van der Waals surface area contributed by atoms with Crippen LogP contribution >= 0.6 is 0 Å². The summed E-state index contributed by atoms with van der Waals surface area (Å²) in [6.07, 6.45) is 6.39. The molecule has 6 rings (SSSR count). The Labute approximate surface area is 229 Å². The Morgan fingerprint density at radius 3 is 2.11 bits per heavy atom. The van der Waals surface area contributed by atoms with Crippen LogP contribution in [0.1, 0.15) is 55.2 Å². The molecular weight excluding hydrogens is 460 g/mol. The fourth-order valence-electron chi connectivity index (χ4n) is 7.37. The zero-order valence-electron chi connectivity index (χ0n) is 22.9. The monoisotopic (exact) mass is 502 g/mol. The third-order valence-electron chi connectivity index (χ3n) is 9.33. The van der Waals surface area contributed by atoms with Gasteiger partial charge in [-0.25, -0.2) is 0 Å². The molecule has 0 bridgehead atoms. The molecule has 0 spiro atoms. The first-order chi connectivity index (χ1) is 18.8. The normalized spacial score (nSPS) is 22.4. The summed E-state index contributed by atoms with van der Waals surface area (Å²) in [5.74, 6) is 1.36. The van der Waals surface area contributed by atoms with Crippen molar-refractivity contribution in [2.75, 3.05) is 19.6 Å². The van der Waals surface area contributed by atoms with Crippen LogP contribution < -0.4 is 0 Å². The Morgan fingerprint density at radius 1 is 0.684 bits per heavy atom. The Bertz CT molecular complexity index is 1290. The molecule has 2 aliphatic heterocycles. The van der Waals surface area contributed by atoms with Crippen LogP contribution in [-0.4, -0.2) is 41.5 Å². The molecule has 0 aromatic heterocycles. The van der Waals surface area contributed by atoms with Crippen LogP contribution in [-0.2, 0) is 13.0 Å². The first-order valence-corrected chi connectivity index (χ1v) is 14.8. The number of rotatable bonds is 7. The number of likely N-dealkylation sites (tertiary alicyclic amines) is 2. The van der Waals surface area contributed by atoms with E-state index in [9.17, 15) is 0 Å². The van der Waals surface area contributed by atoms with Gasteiger partial charge in [-0.2, -0.15) is 0 Å². The summed E-state index contributed by atoms with van der Waals surface area (Å²) in [7, 11) is 0. The number of hydrogen-bond donors (Lipinski definition) is 0. The summed E-state index contributed by atoms with van der Waals surface area (Å²) < 4.78 is 0. The number of benzene rings is 4. The molecule has 196 valence electrons. The molecule has 4 aromatic carbocycles. The molecule has 2 heterocycles. The highest BCUT2D eigenvalue weighted by Gasteiger charge is 2.39. The third-order valence-corrected chi connectivity index (χ3v) is 9.33. The molecule has 38 heavy (non-hydrogen) atoms. The van der Waals surface area contributed by atoms with Crippen LogP contribution in [0.3, 0.4) is 0 Å². The number of piperidine rings is 2. The summed E-state index contributed by atoms with van der Waals surface area (Å²) in [6.45, 7) is 7.20. The average Bonchev–Trinajstić information content (AvgIpc) is 2.98. The van der Waals surface area contributed by atoms with E-state index >= 15 is 0 Å². The van der Waals surface area contributed by atoms with Gasteiger partial charge in [0.15, 0.2) is 0 Å². The fraction of sp³-hybridized carbons (Fsp3) is 0.389. The lowest BCUT2D eigenvalue weighted by Gasteiger charge is -2.49. The Balaban J connectivity index is 1.26. The largest absolute Gasteiger partial charge is 0.299 e. The highest BCUT2D eigenvalue weighted by atomic mass is 15.3. The minimum absolute atomic E-state index is 0.514. The van der Waals surface area contributed by atoms with Crippen molar-refractivity contribution >= 4 is 10.8 Å². The molecule has 2 nitrogen and oxygen atoms in total. The lowest BCUT2D eigenvalue weighted by molar-refractivity contribution is 0.0251. The van der Waals surface area contributed by atoms with Crippen LogP contribution in [0, 0.1) is 5.92 Å². The number of nitrogens with zero attached hydrogens (tertiary/aromatic N) is 2. The number of hydrogen-bond acceptors (Lipinski definition) is 2. The van der Waals surface area contributed by atoms with E-state index in [0.29, 0.717) is 18.0 Å². The van der Waals surface area contributed by atoms with Gasteiger partial charge < -0.3 is 0 Å². The van der Waals surface area contributed by atoms with Crippen molar-refractivity contribution in [1.29, 1.82) is 0 Å². The highest BCUT2D eigenvalue weighted by Crippen LogP contribution is 2.40. The van der Waals surface area contributed by atoms with Gasteiger partial charge in [-0.05, 0) is 92.0 Å². The minimum atomic E-state index is 0.514. The Kier molecular flexibility index (Phi) is 7.90. The van der Waals surface area contributed by atoms with E-state index in [1.54, 1.807) is 5.56 Å². The first-order valence-electron chi connectivity index (χ1n) is 14.8. The van der Waals surface area contributed by atoms with E-state index < -0.39 is 0 Å². The van der Waals surface area contributed by atoms with Crippen molar-refractivity contribution in [3.63, 3.8) is 0 Å². The Hall–Kier alpha value is -2.94. The molecular formula is C36H42N2. The van der Waals surface area contributed by atoms with E-state index in [1.165, 1.54) is 73.6 Å². The van der Waals surface area contributed by atoms with Gasteiger partial charge in [0.2, 0.25) is 0 Å². The molecule has 2 heteroatoms. The van der Waals surface area contributed by atoms with Crippen LogP contribution in [0.4, 0.5) is 0 Å². The second-order valence-corrected chi connectivity index (χ2v) is 11.7. The Morgan fingerprint density at radius 2 is 1.34 bits per heavy atom. The van der Waals surface area contributed by atoms with E-state index in [-0.39, 0.29) is 0 Å². The van der Waals surface area contributed by atoms with Gasteiger partial charge >= 0.3 is 0 Å². The van der Waals surface area contributed by atoms with Crippen LogP contribution in [0.25, 0.3) is 10.8 Å². The summed E-state index contributed by atoms with van der Waals surface area (Å²) in [5, 5.41) is 2.82. The molecule has 0 radical (unpaired) electrons. The van der Waals surface area contributed by atoms with Crippen LogP contribution in [0.15, 0.2) is 103 Å². The van der Waals surface area contributed by atoms with E-state index in [1.807, 2.05) is 0 Å². The second-order valence-electron chi connectivity index (χ2n) is 11.7. The number of fused-ring (bicyclic) bond motifs is 1. The van der Waals surface area contributed by atoms with Crippen molar-refractivity contribution in [3.8, 4) is 0 Å². The second kappa shape index (κ2) is 11.8. The molecule has 0 amide bonds. The lowest BCUT2D eigenvalue weighted by atomic mass is 9.77. The van der Waals surface area contributed by atoms with Crippen molar-refractivity contribution in [2.45, 2.75) is 63.6 Å². The third kappa shape index (κ3) is 5.58. The van der Waals surface area contributed by atoms with Gasteiger partial charge in [0.1, 0.15) is 0 Å². The van der Waals surface area contributed by atoms with E-state index in [2.05, 4.69) is 120 Å². The molecule has 2 fully saturated rings. The SMILES string of the molecule is CC(C1C(c2cccc3ccccc23)CCCN1Cc1ccccc1)N1CCC(Cc2ccccc2)CC1. The zero-order valence-corrected chi connectivity index (χ0v) is 22.9. The molecule has 0 aliphatic carbocycles. The fourth-order valence-corrected chi connectivity index (χ4v) is 7.37. The van der Waals surface area contributed by atoms with Crippen LogP contribution in [0.2, 0.25) is 0 Å². The standard InChI is InChI=1S/C36H42N2/c1-28(37-24-21-30(22-25-37)26-29-12-4-2-5-13-29)36-35(34-19-10-17-32-16-8-9-18-33(32)34)20-11-23-38(36)27-31-14-6-3-7-15-31/h2-10,12-19,28,30,35-36H,11,20-27H2,1H3. The quantitative estimate of drug-likeness (QED) is 0.253. The molecule has 4 aromatic rings.